The number of aromatic nitrogens is 4. The molecular formula is C16H24N6O4S. The Morgan fingerprint density at radius 1 is 1.41 bits per heavy atom. The summed E-state index contributed by atoms with van der Waals surface area (Å²) in [7, 11) is -1.91. The molecule has 0 saturated carbocycles. The summed E-state index contributed by atoms with van der Waals surface area (Å²) in [6, 6.07) is 0.997. The van der Waals surface area contributed by atoms with Gasteiger partial charge < -0.3 is 4.52 Å². The molecule has 1 atom stereocenters. The maximum Gasteiger partial charge on any atom is 0.246 e. The fraction of sp³-hybridized carbons (Fsp3) is 0.625. The highest BCUT2D eigenvalue weighted by Crippen LogP contribution is 2.26. The second kappa shape index (κ2) is 7.39. The Hall–Kier alpha value is -2.27. The normalized spacial score (nSPS) is 18.5. The molecule has 3 heterocycles. The van der Waals surface area contributed by atoms with Gasteiger partial charge in [0.15, 0.2) is 5.82 Å². The monoisotopic (exact) mass is 396 g/mol. The van der Waals surface area contributed by atoms with E-state index in [2.05, 4.69) is 15.2 Å². The summed E-state index contributed by atoms with van der Waals surface area (Å²) in [6.07, 6.45) is 2.79. The average molecular weight is 396 g/mol. The van der Waals surface area contributed by atoms with E-state index < -0.39 is 16.1 Å². The van der Waals surface area contributed by atoms with Crippen LogP contribution in [0.2, 0.25) is 0 Å². The van der Waals surface area contributed by atoms with Gasteiger partial charge in [-0.25, -0.2) is 8.42 Å². The van der Waals surface area contributed by atoms with Gasteiger partial charge in [-0.3, -0.25) is 14.4 Å². The van der Waals surface area contributed by atoms with Gasteiger partial charge in [0, 0.05) is 26.1 Å². The Morgan fingerprint density at radius 3 is 2.70 bits per heavy atom. The van der Waals surface area contributed by atoms with Crippen molar-refractivity contribution >= 4 is 21.7 Å². The number of piperidine rings is 1. The minimum Gasteiger partial charge on any atom is -0.338 e. The maximum atomic E-state index is 13.1. The van der Waals surface area contributed by atoms with Gasteiger partial charge in [0.2, 0.25) is 21.8 Å². The molecule has 1 amide bonds. The number of aryl methyl sites for hydroxylation is 3. The Balaban J connectivity index is 1.89. The van der Waals surface area contributed by atoms with Crippen LogP contribution in [0.25, 0.3) is 0 Å². The minimum absolute atomic E-state index is 0.125. The number of nitrogens with zero attached hydrogens (tertiary/aromatic N) is 6. The first-order valence-electron chi connectivity index (χ1n) is 8.81. The van der Waals surface area contributed by atoms with E-state index in [1.807, 2.05) is 19.9 Å². The van der Waals surface area contributed by atoms with Crippen molar-refractivity contribution in [2.24, 2.45) is 7.05 Å². The van der Waals surface area contributed by atoms with Crippen molar-refractivity contribution in [3.63, 3.8) is 0 Å². The van der Waals surface area contributed by atoms with Crippen LogP contribution in [0.1, 0.15) is 37.2 Å². The number of hydrogen-bond donors (Lipinski definition) is 0. The molecule has 1 unspecified atom stereocenters. The third-order valence-corrected chi connectivity index (χ3v) is 5.79. The Morgan fingerprint density at radius 2 is 2.15 bits per heavy atom. The van der Waals surface area contributed by atoms with Crippen molar-refractivity contribution in [3.8, 4) is 0 Å². The first-order valence-corrected chi connectivity index (χ1v) is 10.7. The maximum absolute atomic E-state index is 13.1. The second-order valence-corrected chi connectivity index (χ2v) is 8.62. The molecule has 1 saturated heterocycles. The van der Waals surface area contributed by atoms with Gasteiger partial charge in [-0.15, -0.1) is 0 Å². The molecule has 10 nitrogen and oxygen atoms in total. The number of amides is 1. The quantitative estimate of drug-likeness (QED) is 0.703. The largest absolute Gasteiger partial charge is 0.338 e. The summed E-state index contributed by atoms with van der Waals surface area (Å²) in [6.45, 7) is 4.12. The second-order valence-electron chi connectivity index (χ2n) is 6.68. The molecule has 2 aromatic heterocycles. The van der Waals surface area contributed by atoms with Crippen LogP contribution < -0.4 is 4.90 Å². The molecule has 0 bridgehead atoms. The molecule has 27 heavy (non-hydrogen) atoms. The van der Waals surface area contributed by atoms with Crippen LogP contribution in [0.4, 0.5) is 5.82 Å². The summed E-state index contributed by atoms with van der Waals surface area (Å²) in [4.78, 5) is 18.9. The van der Waals surface area contributed by atoms with Gasteiger partial charge in [0.05, 0.1) is 18.5 Å². The van der Waals surface area contributed by atoms with E-state index in [4.69, 9.17) is 4.52 Å². The highest BCUT2D eigenvalue weighted by atomic mass is 32.2. The summed E-state index contributed by atoms with van der Waals surface area (Å²) in [5, 5.41) is 8.07. The number of hydrogen-bond acceptors (Lipinski definition) is 7. The summed E-state index contributed by atoms with van der Waals surface area (Å²) in [5.41, 5.74) is 0.792. The topological polar surface area (TPSA) is 114 Å². The van der Waals surface area contributed by atoms with Crippen molar-refractivity contribution in [1.29, 1.82) is 0 Å². The fourth-order valence-corrected chi connectivity index (χ4v) is 4.29. The molecule has 1 aliphatic rings. The van der Waals surface area contributed by atoms with Gasteiger partial charge in [0.1, 0.15) is 11.9 Å². The zero-order valence-electron chi connectivity index (χ0n) is 15.9. The average Bonchev–Trinajstić information content (AvgIpc) is 3.18. The highest BCUT2D eigenvalue weighted by Gasteiger charge is 2.39. The van der Waals surface area contributed by atoms with Gasteiger partial charge >= 0.3 is 0 Å². The molecule has 11 heteroatoms. The van der Waals surface area contributed by atoms with Gasteiger partial charge in [-0.2, -0.15) is 14.4 Å². The predicted molar refractivity (Wildman–Crippen MR) is 97.4 cm³/mol. The molecule has 0 aliphatic carbocycles. The lowest BCUT2D eigenvalue weighted by Crippen LogP contribution is -2.54. The standard InChI is InChI=1S/C16H24N6O4S/c1-5-13-17-14(26-19-13)10-22(27(4,24)25)12-7-6-8-21(16(12)23)15-9-11(2)18-20(15)3/h9,12H,5-8,10H2,1-4H3. The van der Waals surface area contributed by atoms with Crippen LogP contribution in [0.15, 0.2) is 10.6 Å². The van der Waals surface area contributed by atoms with E-state index in [0.717, 1.165) is 16.3 Å². The van der Waals surface area contributed by atoms with Crippen LogP contribution >= 0.6 is 0 Å². The predicted octanol–water partition coefficient (Wildman–Crippen LogP) is 0.631. The van der Waals surface area contributed by atoms with Gasteiger partial charge in [0.25, 0.3) is 0 Å². The molecule has 0 radical (unpaired) electrons. The van der Waals surface area contributed by atoms with Crippen molar-refractivity contribution in [1.82, 2.24) is 24.2 Å². The number of carbonyl (C=O) groups is 1. The molecule has 148 valence electrons. The lowest BCUT2D eigenvalue weighted by molar-refractivity contribution is -0.123. The molecule has 1 aliphatic heterocycles. The minimum atomic E-state index is -3.67. The number of sulfonamides is 1. The Labute approximate surface area is 158 Å². The zero-order valence-corrected chi connectivity index (χ0v) is 16.7. The molecule has 2 aromatic rings. The lowest BCUT2D eigenvalue weighted by Gasteiger charge is -2.36. The Bertz CT molecular complexity index is 935. The van der Waals surface area contributed by atoms with E-state index >= 15 is 0 Å². The van der Waals surface area contributed by atoms with Crippen LogP contribution in [-0.2, 0) is 34.8 Å². The summed E-state index contributed by atoms with van der Waals surface area (Å²) >= 11 is 0. The third-order valence-electron chi connectivity index (χ3n) is 4.56. The van der Waals surface area contributed by atoms with Crippen LogP contribution in [0.3, 0.4) is 0 Å². The lowest BCUT2D eigenvalue weighted by atomic mass is 10.0. The smallest absolute Gasteiger partial charge is 0.246 e. The highest BCUT2D eigenvalue weighted by molar-refractivity contribution is 7.88. The van der Waals surface area contributed by atoms with E-state index in [1.54, 1.807) is 16.6 Å². The van der Waals surface area contributed by atoms with Gasteiger partial charge in [-0.1, -0.05) is 12.1 Å². The van der Waals surface area contributed by atoms with Crippen LogP contribution in [-0.4, -0.2) is 57.4 Å². The molecule has 0 N–H and O–H groups in total. The van der Waals surface area contributed by atoms with Gasteiger partial charge in [-0.05, 0) is 19.8 Å². The first kappa shape index (κ1) is 19.5. The zero-order chi connectivity index (χ0) is 19.8. The summed E-state index contributed by atoms with van der Waals surface area (Å²) in [5.74, 6) is 1.06. The Kier molecular flexibility index (Phi) is 5.33. The molecule has 0 aromatic carbocycles. The summed E-state index contributed by atoms with van der Waals surface area (Å²) < 4.78 is 32.8. The van der Waals surface area contributed by atoms with E-state index in [1.165, 1.54) is 0 Å². The van der Waals surface area contributed by atoms with Crippen molar-refractivity contribution in [2.45, 2.75) is 45.7 Å². The van der Waals surface area contributed by atoms with E-state index in [0.29, 0.717) is 37.4 Å². The number of rotatable bonds is 6. The third kappa shape index (κ3) is 4.03. The van der Waals surface area contributed by atoms with Crippen molar-refractivity contribution < 1.29 is 17.7 Å². The number of carbonyl (C=O) groups excluding carboxylic acids is 1. The molecular weight excluding hydrogens is 372 g/mol. The van der Waals surface area contributed by atoms with Crippen LogP contribution in [0, 0.1) is 6.92 Å². The van der Waals surface area contributed by atoms with Crippen LogP contribution in [0.5, 0.6) is 0 Å². The molecule has 0 spiro atoms. The fourth-order valence-electron chi connectivity index (χ4n) is 3.29. The van der Waals surface area contributed by atoms with E-state index in [-0.39, 0.29) is 18.3 Å². The molecule has 1 fully saturated rings. The first-order chi connectivity index (χ1) is 12.7. The number of anilines is 1. The van der Waals surface area contributed by atoms with E-state index in [9.17, 15) is 13.2 Å². The van der Waals surface area contributed by atoms with Crippen molar-refractivity contribution in [2.75, 3.05) is 17.7 Å². The molecule has 3 rings (SSSR count). The SMILES string of the molecule is CCc1noc(CN(C2CCCN(c3cc(C)nn3C)C2=O)S(C)(=O)=O)n1. The van der Waals surface area contributed by atoms with Crippen molar-refractivity contribution in [3.05, 3.63) is 23.5 Å².